The molecular formula is C11H16N2O4S. The lowest BCUT2D eigenvalue weighted by Gasteiger charge is -2.12. The zero-order chi connectivity index (χ0) is 13.9. The van der Waals surface area contributed by atoms with E-state index >= 15 is 0 Å². The highest BCUT2D eigenvalue weighted by Crippen LogP contribution is 2.21. The van der Waals surface area contributed by atoms with Crippen LogP contribution >= 0.6 is 0 Å². The third-order valence-corrected chi connectivity index (χ3v) is 3.75. The maximum atomic E-state index is 11.7. The van der Waals surface area contributed by atoms with Crippen molar-refractivity contribution in [1.82, 2.24) is 0 Å². The molecule has 100 valence electrons. The van der Waals surface area contributed by atoms with Gasteiger partial charge < -0.3 is 10.8 Å². The van der Waals surface area contributed by atoms with E-state index in [1.807, 2.05) is 0 Å². The lowest BCUT2D eigenvalue weighted by Crippen LogP contribution is -2.20. The van der Waals surface area contributed by atoms with Crippen molar-refractivity contribution in [2.75, 3.05) is 16.2 Å². The third-order valence-electron chi connectivity index (χ3n) is 2.12. The van der Waals surface area contributed by atoms with Crippen LogP contribution in [0.5, 0.6) is 0 Å². The van der Waals surface area contributed by atoms with Crippen molar-refractivity contribution in [2.24, 2.45) is 5.92 Å². The van der Waals surface area contributed by atoms with E-state index < -0.39 is 16.0 Å². The summed E-state index contributed by atoms with van der Waals surface area (Å²) in [5, 5.41) is 8.76. The van der Waals surface area contributed by atoms with Gasteiger partial charge >= 0.3 is 5.97 Å². The number of benzene rings is 1. The second-order valence-electron chi connectivity index (χ2n) is 4.38. The molecule has 0 fully saturated rings. The van der Waals surface area contributed by atoms with E-state index in [0.29, 0.717) is 0 Å². The lowest BCUT2D eigenvalue weighted by molar-refractivity contribution is 0.0697. The quantitative estimate of drug-likeness (QED) is 0.701. The Morgan fingerprint density at radius 2 is 2.06 bits per heavy atom. The molecule has 0 saturated carbocycles. The van der Waals surface area contributed by atoms with Crippen molar-refractivity contribution in [2.45, 2.75) is 13.8 Å². The number of anilines is 2. The van der Waals surface area contributed by atoms with Gasteiger partial charge in [-0.2, -0.15) is 0 Å². The molecule has 0 aromatic heterocycles. The number of aromatic carboxylic acids is 1. The summed E-state index contributed by atoms with van der Waals surface area (Å²) in [5.41, 5.74) is 5.90. The van der Waals surface area contributed by atoms with E-state index in [1.54, 1.807) is 13.8 Å². The fraction of sp³-hybridized carbons (Fsp3) is 0.364. The first kappa shape index (κ1) is 14.3. The van der Waals surface area contributed by atoms with E-state index in [9.17, 15) is 13.2 Å². The zero-order valence-electron chi connectivity index (χ0n) is 10.2. The number of carboxylic acid groups (broad SMARTS) is 1. The zero-order valence-corrected chi connectivity index (χ0v) is 11.0. The van der Waals surface area contributed by atoms with Gasteiger partial charge in [0, 0.05) is 0 Å². The first-order chi connectivity index (χ1) is 8.21. The van der Waals surface area contributed by atoms with Gasteiger partial charge in [-0.05, 0) is 24.1 Å². The number of nitrogens with one attached hydrogen (secondary N) is 1. The van der Waals surface area contributed by atoms with Gasteiger partial charge in [0.2, 0.25) is 10.0 Å². The highest BCUT2D eigenvalue weighted by atomic mass is 32.2. The van der Waals surface area contributed by atoms with Gasteiger partial charge in [0.15, 0.2) is 0 Å². The minimum Gasteiger partial charge on any atom is -0.478 e. The van der Waals surface area contributed by atoms with E-state index in [0.717, 1.165) is 0 Å². The van der Waals surface area contributed by atoms with Gasteiger partial charge in [-0.1, -0.05) is 13.8 Å². The molecule has 0 heterocycles. The molecule has 0 aliphatic heterocycles. The molecule has 1 rings (SSSR count). The smallest absolute Gasteiger partial charge is 0.335 e. The minimum atomic E-state index is -3.47. The van der Waals surface area contributed by atoms with Crippen LogP contribution in [0.1, 0.15) is 24.2 Å². The maximum Gasteiger partial charge on any atom is 0.335 e. The van der Waals surface area contributed by atoms with Gasteiger partial charge in [0.25, 0.3) is 0 Å². The summed E-state index contributed by atoms with van der Waals surface area (Å²) >= 11 is 0. The van der Waals surface area contributed by atoms with Crippen LogP contribution in [-0.4, -0.2) is 25.2 Å². The normalized spacial score (nSPS) is 11.5. The second-order valence-corrected chi connectivity index (χ2v) is 6.15. The predicted octanol–water partition coefficient (Wildman–Crippen LogP) is 1.36. The standard InChI is InChI=1S/C11H16N2O4S/c1-7(2)6-18(16,17)13-10-4-3-8(11(14)15)5-9(10)12/h3-5,7,13H,6,12H2,1-2H3,(H,14,15). The SMILES string of the molecule is CC(C)CS(=O)(=O)Nc1ccc(C(=O)O)cc1N. The van der Waals surface area contributed by atoms with Crippen LogP contribution in [0.25, 0.3) is 0 Å². The lowest BCUT2D eigenvalue weighted by atomic mass is 10.2. The number of carboxylic acids is 1. The molecular weight excluding hydrogens is 256 g/mol. The van der Waals surface area contributed by atoms with Crippen LogP contribution in [0, 0.1) is 5.92 Å². The van der Waals surface area contributed by atoms with Crippen molar-refractivity contribution in [3.05, 3.63) is 23.8 Å². The molecule has 6 nitrogen and oxygen atoms in total. The Morgan fingerprint density at radius 1 is 1.44 bits per heavy atom. The first-order valence-corrected chi connectivity index (χ1v) is 7.00. The Labute approximate surface area is 106 Å². The highest BCUT2D eigenvalue weighted by Gasteiger charge is 2.15. The summed E-state index contributed by atoms with van der Waals surface area (Å²) in [7, 11) is -3.47. The average molecular weight is 272 g/mol. The fourth-order valence-electron chi connectivity index (χ4n) is 1.44. The van der Waals surface area contributed by atoms with E-state index in [4.69, 9.17) is 10.8 Å². The van der Waals surface area contributed by atoms with Gasteiger partial charge in [-0.15, -0.1) is 0 Å². The number of rotatable bonds is 5. The predicted molar refractivity (Wildman–Crippen MR) is 70.1 cm³/mol. The van der Waals surface area contributed by atoms with Crippen molar-refractivity contribution in [3.63, 3.8) is 0 Å². The Kier molecular flexibility index (Phi) is 4.18. The summed E-state index contributed by atoms with van der Waals surface area (Å²) in [6.07, 6.45) is 0. The van der Waals surface area contributed by atoms with Crippen molar-refractivity contribution < 1.29 is 18.3 Å². The molecule has 0 aliphatic rings. The molecule has 0 bridgehead atoms. The Bertz CT molecular complexity index is 552. The Morgan fingerprint density at radius 3 is 2.50 bits per heavy atom. The topological polar surface area (TPSA) is 109 Å². The Hall–Kier alpha value is -1.76. The average Bonchev–Trinajstić information content (AvgIpc) is 2.18. The molecule has 0 amide bonds. The van der Waals surface area contributed by atoms with E-state index in [2.05, 4.69) is 4.72 Å². The number of nitrogen functional groups attached to an aromatic ring is 1. The van der Waals surface area contributed by atoms with Crippen LogP contribution in [0.2, 0.25) is 0 Å². The third kappa shape index (κ3) is 3.92. The number of sulfonamides is 1. The van der Waals surface area contributed by atoms with Gasteiger partial charge in [0.1, 0.15) is 0 Å². The monoisotopic (exact) mass is 272 g/mol. The van der Waals surface area contributed by atoms with Crippen LogP contribution in [0.4, 0.5) is 11.4 Å². The van der Waals surface area contributed by atoms with Crippen LogP contribution < -0.4 is 10.5 Å². The minimum absolute atomic E-state index is 0.0120. The maximum absolute atomic E-state index is 11.7. The summed E-state index contributed by atoms with van der Waals surface area (Å²) in [4.78, 5) is 10.7. The molecule has 1 aromatic carbocycles. The second kappa shape index (κ2) is 5.26. The summed E-state index contributed by atoms with van der Waals surface area (Å²) in [6, 6.07) is 3.86. The Balaban J connectivity index is 2.96. The molecule has 0 unspecified atom stereocenters. The van der Waals surface area contributed by atoms with Crippen molar-refractivity contribution >= 4 is 27.4 Å². The number of carbonyl (C=O) groups is 1. The molecule has 4 N–H and O–H groups in total. The molecule has 0 aliphatic carbocycles. The van der Waals surface area contributed by atoms with Crippen molar-refractivity contribution in [1.29, 1.82) is 0 Å². The van der Waals surface area contributed by atoms with E-state index in [-0.39, 0.29) is 28.6 Å². The highest BCUT2D eigenvalue weighted by molar-refractivity contribution is 7.92. The molecule has 7 heteroatoms. The molecule has 0 radical (unpaired) electrons. The van der Waals surface area contributed by atoms with E-state index in [1.165, 1.54) is 18.2 Å². The van der Waals surface area contributed by atoms with Crippen LogP contribution in [0.3, 0.4) is 0 Å². The largest absolute Gasteiger partial charge is 0.478 e. The molecule has 0 atom stereocenters. The fourth-order valence-corrected chi connectivity index (χ4v) is 2.92. The van der Waals surface area contributed by atoms with Crippen molar-refractivity contribution in [3.8, 4) is 0 Å². The number of hydrogen-bond acceptors (Lipinski definition) is 4. The van der Waals surface area contributed by atoms with Gasteiger partial charge in [-0.25, -0.2) is 13.2 Å². The van der Waals surface area contributed by atoms with Gasteiger partial charge in [0.05, 0.1) is 22.7 Å². The number of hydrogen-bond donors (Lipinski definition) is 3. The molecule has 0 spiro atoms. The molecule has 1 aromatic rings. The van der Waals surface area contributed by atoms with Crippen LogP contribution in [0.15, 0.2) is 18.2 Å². The summed E-state index contributed by atoms with van der Waals surface area (Å²) in [5.74, 6) is -1.15. The molecule has 18 heavy (non-hydrogen) atoms. The first-order valence-electron chi connectivity index (χ1n) is 5.34. The summed E-state index contributed by atoms with van der Waals surface area (Å²) in [6.45, 7) is 3.58. The van der Waals surface area contributed by atoms with Gasteiger partial charge in [-0.3, -0.25) is 4.72 Å². The van der Waals surface area contributed by atoms with Crippen LogP contribution in [-0.2, 0) is 10.0 Å². The summed E-state index contributed by atoms with van der Waals surface area (Å²) < 4.78 is 25.7. The molecule has 0 saturated heterocycles. The number of nitrogens with two attached hydrogens (primary N) is 1.